The topological polar surface area (TPSA) is 36.8 Å². The number of nitrogens with zero attached hydrogens (tertiary/aromatic N) is 2. The highest BCUT2D eigenvalue weighted by atomic mass is 35.5. The number of rotatable bonds is 5. The van der Waals surface area contributed by atoms with E-state index in [1.54, 1.807) is 7.05 Å². The smallest absolute Gasteiger partial charge is 0.195 e. The van der Waals surface area contributed by atoms with Crippen molar-refractivity contribution >= 4 is 28.3 Å². The van der Waals surface area contributed by atoms with Crippen molar-refractivity contribution in [1.29, 1.82) is 0 Å². The summed E-state index contributed by atoms with van der Waals surface area (Å²) in [4.78, 5) is 8.24. The minimum absolute atomic E-state index is 0.277. The highest BCUT2D eigenvalue weighted by molar-refractivity contribution is 6.64. The van der Waals surface area contributed by atoms with E-state index in [1.807, 2.05) is 49.4 Å². The number of hydrogen-bond donors (Lipinski definition) is 1. The Morgan fingerprint density at radius 1 is 1.20 bits per heavy atom. The maximum absolute atomic E-state index is 5.76. The van der Waals surface area contributed by atoms with Crippen molar-refractivity contribution in [2.45, 2.75) is 6.92 Å². The standard InChI is InChI=1S/C16H18ClN3/c1-12(14(3)20-16(17)18-4)10-11-13(2)19-15-8-6-5-7-9-15/h5-11H,1,3H2,2,4H3,(H,18,20)/b11-10-,19-13?. The van der Waals surface area contributed by atoms with E-state index >= 15 is 0 Å². The molecule has 3 nitrogen and oxygen atoms in total. The summed E-state index contributed by atoms with van der Waals surface area (Å²) < 4.78 is 0. The van der Waals surface area contributed by atoms with Gasteiger partial charge in [-0.25, -0.2) is 0 Å². The summed E-state index contributed by atoms with van der Waals surface area (Å²) in [7, 11) is 1.60. The molecule has 104 valence electrons. The van der Waals surface area contributed by atoms with Crippen LogP contribution >= 0.6 is 11.6 Å². The maximum atomic E-state index is 5.76. The molecule has 0 aliphatic carbocycles. The number of benzene rings is 1. The molecule has 0 unspecified atom stereocenters. The maximum Gasteiger partial charge on any atom is 0.195 e. The summed E-state index contributed by atoms with van der Waals surface area (Å²) in [6.45, 7) is 9.66. The Morgan fingerprint density at radius 2 is 1.85 bits per heavy atom. The molecule has 0 heterocycles. The normalized spacial score (nSPS) is 12.6. The van der Waals surface area contributed by atoms with Gasteiger partial charge in [-0.2, -0.15) is 0 Å². The van der Waals surface area contributed by atoms with Crippen LogP contribution in [0.15, 0.2) is 76.9 Å². The molecular weight excluding hydrogens is 270 g/mol. The van der Waals surface area contributed by atoms with Gasteiger partial charge in [0.25, 0.3) is 0 Å². The Balaban J connectivity index is 2.65. The monoisotopic (exact) mass is 287 g/mol. The van der Waals surface area contributed by atoms with Crippen LogP contribution in [0, 0.1) is 0 Å². The largest absolute Gasteiger partial charge is 0.331 e. The Morgan fingerprint density at radius 3 is 2.45 bits per heavy atom. The summed E-state index contributed by atoms with van der Waals surface area (Å²) in [6, 6.07) is 9.76. The fraction of sp³-hybridized carbons (Fsp3) is 0.125. The fourth-order valence-electron chi connectivity index (χ4n) is 1.33. The van der Waals surface area contributed by atoms with E-state index in [9.17, 15) is 0 Å². The van der Waals surface area contributed by atoms with E-state index < -0.39 is 0 Å². The molecular formula is C16H18ClN3. The van der Waals surface area contributed by atoms with Gasteiger partial charge in [0.15, 0.2) is 5.29 Å². The van der Waals surface area contributed by atoms with E-state index in [-0.39, 0.29) is 5.29 Å². The summed E-state index contributed by atoms with van der Waals surface area (Å²) >= 11 is 5.76. The number of para-hydroxylation sites is 1. The first-order valence-corrected chi connectivity index (χ1v) is 6.46. The average Bonchev–Trinajstić information content (AvgIpc) is 2.45. The van der Waals surface area contributed by atoms with Crippen LogP contribution in [0.5, 0.6) is 0 Å². The molecule has 1 rings (SSSR count). The van der Waals surface area contributed by atoms with E-state index in [0.29, 0.717) is 5.70 Å². The van der Waals surface area contributed by atoms with Gasteiger partial charge in [-0.05, 0) is 42.3 Å². The van der Waals surface area contributed by atoms with Gasteiger partial charge in [0, 0.05) is 18.5 Å². The number of nitrogens with one attached hydrogen (secondary N) is 1. The van der Waals surface area contributed by atoms with Crippen LogP contribution in [0.2, 0.25) is 0 Å². The van der Waals surface area contributed by atoms with Gasteiger partial charge in [0.05, 0.1) is 5.69 Å². The SMILES string of the molecule is C=C(/C=C\C(C)=Nc1ccccc1)C(=C)NC(Cl)=NC. The zero-order chi connectivity index (χ0) is 15.0. The van der Waals surface area contributed by atoms with Gasteiger partial charge >= 0.3 is 0 Å². The Bertz CT molecular complexity index is 569. The van der Waals surface area contributed by atoms with Crippen molar-refractivity contribution in [2.24, 2.45) is 9.98 Å². The fourth-order valence-corrected chi connectivity index (χ4v) is 1.44. The van der Waals surface area contributed by atoms with Crippen LogP contribution in [0.25, 0.3) is 0 Å². The summed E-state index contributed by atoms with van der Waals surface area (Å²) in [6.07, 6.45) is 3.70. The van der Waals surface area contributed by atoms with Crippen molar-refractivity contribution in [3.63, 3.8) is 0 Å². The third-order valence-corrected chi connectivity index (χ3v) is 2.69. The number of hydrogen-bond acceptors (Lipinski definition) is 2. The first-order chi connectivity index (χ1) is 9.52. The number of halogens is 1. The second-order valence-corrected chi connectivity index (χ2v) is 4.42. The first-order valence-electron chi connectivity index (χ1n) is 6.09. The van der Waals surface area contributed by atoms with Crippen molar-refractivity contribution in [3.05, 3.63) is 66.9 Å². The molecule has 0 spiro atoms. The molecule has 0 bridgehead atoms. The van der Waals surface area contributed by atoms with E-state index in [4.69, 9.17) is 11.6 Å². The second-order valence-electron chi connectivity index (χ2n) is 4.07. The zero-order valence-electron chi connectivity index (χ0n) is 11.7. The van der Waals surface area contributed by atoms with E-state index in [1.165, 1.54) is 0 Å². The van der Waals surface area contributed by atoms with Crippen LogP contribution < -0.4 is 5.32 Å². The van der Waals surface area contributed by atoms with Crippen LogP contribution in [-0.2, 0) is 0 Å². The number of allylic oxidation sites excluding steroid dienone is 2. The van der Waals surface area contributed by atoms with Crippen molar-refractivity contribution in [2.75, 3.05) is 7.05 Å². The quantitative estimate of drug-likeness (QED) is 0.374. The Kier molecular flexibility index (Phi) is 6.47. The van der Waals surface area contributed by atoms with Gasteiger partial charge < -0.3 is 5.32 Å². The van der Waals surface area contributed by atoms with Gasteiger partial charge in [-0.1, -0.05) is 37.4 Å². The molecule has 0 amide bonds. The average molecular weight is 288 g/mol. The lowest BCUT2D eigenvalue weighted by Crippen LogP contribution is -2.17. The molecule has 0 aliphatic heterocycles. The van der Waals surface area contributed by atoms with Crippen LogP contribution in [0.3, 0.4) is 0 Å². The molecule has 1 aromatic rings. The third-order valence-electron chi connectivity index (χ3n) is 2.43. The number of amidine groups is 1. The second kappa shape index (κ2) is 8.12. The molecule has 0 fully saturated rings. The lowest BCUT2D eigenvalue weighted by Gasteiger charge is -2.06. The van der Waals surface area contributed by atoms with Gasteiger partial charge in [-0.3, -0.25) is 9.98 Å². The molecule has 0 aliphatic rings. The first kappa shape index (κ1) is 15.9. The molecule has 1 N–H and O–H groups in total. The third kappa shape index (κ3) is 5.67. The van der Waals surface area contributed by atoms with Gasteiger partial charge in [0.2, 0.25) is 0 Å². The molecule has 0 aromatic heterocycles. The molecule has 4 heteroatoms. The number of aliphatic imine (C=N–C) groups is 2. The van der Waals surface area contributed by atoms with Gasteiger partial charge in [-0.15, -0.1) is 0 Å². The molecule has 20 heavy (non-hydrogen) atoms. The highest BCUT2D eigenvalue weighted by Crippen LogP contribution is 2.11. The predicted octanol–water partition coefficient (Wildman–Crippen LogP) is 4.22. The predicted molar refractivity (Wildman–Crippen MR) is 89.0 cm³/mol. The Labute approximate surface area is 125 Å². The molecule has 0 atom stereocenters. The summed E-state index contributed by atoms with van der Waals surface area (Å²) in [5.74, 6) is 0. The Hall–Kier alpha value is -2.13. The minimum Gasteiger partial charge on any atom is -0.331 e. The van der Waals surface area contributed by atoms with Crippen molar-refractivity contribution in [1.82, 2.24) is 5.32 Å². The minimum atomic E-state index is 0.277. The lowest BCUT2D eigenvalue weighted by molar-refractivity contribution is 1.17. The van der Waals surface area contributed by atoms with Gasteiger partial charge in [0.1, 0.15) is 0 Å². The van der Waals surface area contributed by atoms with Crippen molar-refractivity contribution in [3.8, 4) is 0 Å². The van der Waals surface area contributed by atoms with E-state index in [2.05, 4.69) is 28.5 Å². The molecule has 1 aromatic carbocycles. The zero-order valence-corrected chi connectivity index (χ0v) is 12.5. The molecule has 0 saturated carbocycles. The highest BCUT2D eigenvalue weighted by Gasteiger charge is 1.98. The summed E-state index contributed by atoms with van der Waals surface area (Å²) in [5, 5.41) is 3.11. The van der Waals surface area contributed by atoms with E-state index in [0.717, 1.165) is 17.0 Å². The van der Waals surface area contributed by atoms with Crippen LogP contribution in [-0.4, -0.2) is 18.1 Å². The van der Waals surface area contributed by atoms with Crippen molar-refractivity contribution < 1.29 is 0 Å². The summed E-state index contributed by atoms with van der Waals surface area (Å²) in [5.41, 5.74) is 3.11. The molecule has 0 radical (unpaired) electrons. The van der Waals surface area contributed by atoms with Crippen LogP contribution in [0.1, 0.15) is 6.92 Å². The van der Waals surface area contributed by atoms with Crippen LogP contribution in [0.4, 0.5) is 5.69 Å². The molecule has 0 saturated heterocycles. The lowest BCUT2D eigenvalue weighted by atomic mass is 10.2.